The Bertz CT molecular complexity index is 463. The zero-order chi connectivity index (χ0) is 13.9. The standard InChI is InChI=1S/C11H12I3NO3/c1-11(18,5-16)4-15-10(17)7-2-6(12)3-8(13)9(7)14/h2-3,16,18H,4-5H2,1H3,(H,15,17). The summed E-state index contributed by atoms with van der Waals surface area (Å²) >= 11 is 6.46. The maximum Gasteiger partial charge on any atom is 0.252 e. The van der Waals surface area contributed by atoms with Crippen LogP contribution in [0.3, 0.4) is 0 Å². The summed E-state index contributed by atoms with van der Waals surface area (Å²) in [5.41, 5.74) is -0.712. The average molecular weight is 587 g/mol. The fourth-order valence-electron chi connectivity index (χ4n) is 1.14. The Morgan fingerprint density at radius 1 is 1.39 bits per heavy atom. The number of carbonyl (C=O) groups is 1. The first-order chi connectivity index (χ1) is 8.26. The Hall–Kier alpha value is 0.800. The van der Waals surface area contributed by atoms with Gasteiger partial charge in [0.15, 0.2) is 0 Å². The molecule has 0 aliphatic rings. The molecule has 3 N–H and O–H groups in total. The number of halogens is 3. The third kappa shape index (κ3) is 4.72. The van der Waals surface area contributed by atoms with Crippen molar-refractivity contribution in [1.82, 2.24) is 5.32 Å². The van der Waals surface area contributed by atoms with E-state index in [1.807, 2.05) is 6.07 Å². The summed E-state index contributed by atoms with van der Waals surface area (Å²) in [6.45, 7) is 1.09. The minimum Gasteiger partial charge on any atom is -0.393 e. The van der Waals surface area contributed by atoms with Crippen LogP contribution in [-0.2, 0) is 0 Å². The van der Waals surface area contributed by atoms with E-state index in [1.54, 1.807) is 6.07 Å². The van der Waals surface area contributed by atoms with Gasteiger partial charge in [-0.1, -0.05) is 0 Å². The Balaban J connectivity index is 2.85. The molecule has 1 aromatic carbocycles. The largest absolute Gasteiger partial charge is 0.393 e. The summed E-state index contributed by atoms with van der Waals surface area (Å²) < 4.78 is 2.88. The summed E-state index contributed by atoms with van der Waals surface area (Å²) in [6.07, 6.45) is 0. The van der Waals surface area contributed by atoms with Crippen LogP contribution in [0.25, 0.3) is 0 Å². The molecule has 1 atom stereocenters. The van der Waals surface area contributed by atoms with Crippen LogP contribution in [-0.4, -0.2) is 34.9 Å². The summed E-state index contributed by atoms with van der Waals surface area (Å²) in [5, 5.41) is 21.2. The van der Waals surface area contributed by atoms with E-state index in [1.165, 1.54) is 6.92 Å². The number of nitrogens with one attached hydrogen (secondary N) is 1. The highest BCUT2D eigenvalue weighted by Gasteiger charge is 2.21. The lowest BCUT2D eigenvalue weighted by Crippen LogP contribution is -2.43. The number of benzene rings is 1. The molecule has 100 valence electrons. The van der Waals surface area contributed by atoms with Crippen molar-refractivity contribution in [2.24, 2.45) is 0 Å². The Labute approximate surface area is 146 Å². The molecule has 0 bridgehead atoms. The molecular weight excluding hydrogens is 575 g/mol. The summed E-state index contributed by atoms with van der Waals surface area (Å²) in [7, 11) is 0. The van der Waals surface area contributed by atoms with Crippen molar-refractivity contribution in [3.05, 3.63) is 28.4 Å². The van der Waals surface area contributed by atoms with Crippen LogP contribution in [0.4, 0.5) is 0 Å². The number of amides is 1. The van der Waals surface area contributed by atoms with Gasteiger partial charge in [0.05, 0.1) is 12.2 Å². The molecule has 0 fully saturated rings. The highest BCUT2D eigenvalue weighted by atomic mass is 127. The average Bonchev–Trinajstić information content (AvgIpc) is 2.31. The molecule has 1 amide bonds. The second-order valence-electron chi connectivity index (χ2n) is 4.09. The maximum absolute atomic E-state index is 12.0. The third-order valence-corrected chi connectivity index (χ3v) is 5.88. The van der Waals surface area contributed by atoms with E-state index in [0.717, 1.165) is 10.7 Å². The van der Waals surface area contributed by atoms with Gasteiger partial charge in [-0.15, -0.1) is 0 Å². The smallest absolute Gasteiger partial charge is 0.252 e. The van der Waals surface area contributed by atoms with Gasteiger partial charge in [0.25, 0.3) is 5.91 Å². The summed E-state index contributed by atoms with van der Waals surface area (Å²) in [4.78, 5) is 12.0. The molecule has 0 aliphatic carbocycles. The number of hydrogen-bond donors (Lipinski definition) is 3. The molecule has 0 radical (unpaired) electrons. The lowest BCUT2D eigenvalue weighted by atomic mass is 10.1. The molecule has 0 saturated heterocycles. The maximum atomic E-state index is 12.0. The van der Waals surface area contributed by atoms with Gasteiger partial charge < -0.3 is 15.5 Å². The Morgan fingerprint density at radius 3 is 2.56 bits per heavy atom. The van der Waals surface area contributed by atoms with E-state index in [9.17, 15) is 9.90 Å². The first-order valence-corrected chi connectivity index (χ1v) is 8.26. The van der Waals surface area contributed by atoms with Gasteiger partial charge in [0.2, 0.25) is 0 Å². The second kappa shape index (κ2) is 6.99. The van der Waals surface area contributed by atoms with Gasteiger partial charge in [-0.25, -0.2) is 0 Å². The lowest BCUT2D eigenvalue weighted by Gasteiger charge is -2.20. The summed E-state index contributed by atoms with van der Waals surface area (Å²) in [5.74, 6) is -0.246. The van der Waals surface area contributed by atoms with Crippen molar-refractivity contribution in [3.63, 3.8) is 0 Å². The minimum atomic E-state index is -1.30. The van der Waals surface area contributed by atoms with Crippen LogP contribution < -0.4 is 5.32 Å². The molecule has 1 aromatic rings. The molecule has 0 spiro atoms. The molecular formula is C11H12I3NO3. The van der Waals surface area contributed by atoms with Crippen molar-refractivity contribution in [2.75, 3.05) is 13.2 Å². The second-order valence-corrected chi connectivity index (χ2v) is 7.57. The van der Waals surface area contributed by atoms with Crippen LogP contribution in [0.15, 0.2) is 12.1 Å². The number of rotatable bonds is 4. The zero-order valence-corrected chi connectivity index (χ0v) is 16.0. The lowest BCUT2D eigenvalue weighted by molar-refractivity contribution is 0.00319. The van der Waals surface area contributed by atoms with E-state index in [4.69, 9.17) is 5.11 Å². The van der Waals surface area contributed by atoms with Crippen LogP contribution in [0, 0.1) is 10.7 Å². The monoisotopic (exact) mass is 587 g/mol. The van der Waals surface area contributed by atoms with Gasteiger partial charge >= 0.3 is 0 Å². The van der Waals surface area contributed by atoms with Gasteiger partial charge in [0, 0.05) is 17.3 Å². The number of aliphatic hydroxyl groups is 2. The fourth-order valence-corrected chi connectivity index (χ4v) is 3.54. The van der Waals surface area contributed by atoms with Crippen molar-refractivity contribution in [3.8, 4) is 0 Å². The number of aliphatic hydroxyl groups excluding tert-OH is 1. The Kier molecular flexibility index (Phi) is 6.55. The van der Waals surface area contributed by atoms with Gasteiger partial charge in [-0.2, -0.15) is 0 Å². The SMILES string of the molecule is CC(O)(CO)CNC(=O)c1cc(I)cc(I)c1I. The molecule has 1 unspecified atom stereocenters. The molecule has 0 aliphatic heterocycles. The van der Waals surface area contributed by atoms with Crippen molar-refractivity contribution >= 4 is 73.7 Å². The Morgan fingerprint density at radius 2 is 2.00 bits per heavy atom. The summed E-state index contributed by atoms with van der Waals surface area (Å²) in [6, 6.07) is 3.79. The molecule has 1 rings (SSSR count). The molecule has 7 heteroatoms. The molecule has 0 heterocycles. The van der Waals surface area contributed by atoms with Crippen LogP contribution in [0.2, 0.25) is 0 Å². The van der Waals surface area contributed by atoms with Crippen LogP contribution >= 0.6 is 67.8 Å². The molecule has 18 heavy (non-hydrogen) atoms. The van der Waals surface area contributed by atoms with E-state index >= 15 is 0 Å². The van der Waals surface area contributed by atoms with E-state index in [0.29, 0.717) is 5.56 Å². The predicted molar refractivity (Wildman–Crippen MR) is 94.6 cm³/mol. The first kappa shape index (κ1) is 16.9. The van der Waals surface area contributed by atoms with Crippen molar-refractivity contribution in [2.45, 2.75) is 12.5 Å². The fraction of sp³-hybridized carbons (Fsp3) is 0.364. The normalized spacial score (nSPS) is 14.1. The quantitative estimate of drug-likeness (QED) is 0.373. The zero-order valence-electron chi connectivity index (χ0n) is 9.51. The van der Waals surface area contributed by atoms with Crippen molar-refractivity contribution < 1.29 is 15.0 Å². The third-order valence-electron chi connectivity index (χ3n) is 2.21. The highest BCUT2D eigenvalue weighted by molar-refractivity contribution is 14.1. The van der Waals surface area contributed by atoms with E-state index in [2.05, 4.69) is 73.1 Å². The molecule has 0 aromatic heterocycles. The van der Waals surface area contributed by atoms with Crippen LogP contribution in [0.1, 0.15) is 17.3 Å². The number of carbonyl (C=O) groups excluding carboxylic acids is 1. The van der Waals surface area contributed by atoms with Gasteiger partial charge in [-0.3, -0.25) is 4.79 Å². The van der Waals surface area contributed by atoms with Crippen LogP contribution in [0.5, 0.6) is 0 Å². The van der Waals surface area contributed by atoms with Gasteiger partial charge in [-0.05, 0) is 86.8 Å². The number of hydrogen-bond acceptors (Lipinski definition) is 3. The van der Waals surface area contributed by atoms with Crippen molar-refractivity contribution in [1.29, 1.82) is 0 Å². The predicted octanol–water partition coefficient (Wildman–Crippen LogP) is 1.97. The van der Waals surface area contributed by atoms with E-state index < -0.39 is 12.2 Å². The molecule has 4 nitrogen and oxygen atoms in total. The topological polar surface area (TPSA) is 69.6 Å². The highest BCUT2D eigenvalue weighted by Crippen LogP contribution is 2.22. The first-order valence-electron chi connectivity index (χ1n) is 5.03. The van der Waals surface area contributed by atoms with E-state index in [-0.39, 0.29) is 12.5 Å². The minimum absolute atomic E-state index is 0.0144. The van der Waals surface area contributed by atoms with Gasteiger partial charge in [0.1, 0.15) is 5.60 Å². The molecule has 0 saturated carbocycles.